The fraction of sp³-hybridized carbons (Fsp3) is 0.625. The van der Waals surface area contributed by atoms with Gasteiger partial charge in [0.15, 0.2) is 0 Å². The molecule has 108 valence electrons. The highest BCUT2D eigenvalue weighted by Gasteiger charge is 2.16. The quantitative estimate of drug-likeness (QED) is 0.686. The van der Waals surface area contributed by atoms with Crippen LogP contribution < -0.4 is 14.8 Å². The summed E-state index contributed by atoms with van der Waals surface area (Å²) < 4.78 is 11.4. The van der Waals surface area contributed by atoms with Crippen molar-refractivity contribution in [1.29, 1.82) is 0 Å². The predicted octanol–water partition coefficient (Wildman–Crippen LogP) is 3.93. The van der Waals surface area contributed by atoms with E-state index in [-0.39, 0.29) is 6.04 Å². The number of rotatable bonds is 9. The molecule has 0 aromatic heterocycles. The van der Waals surface area contributed by atoms with Crippen LogP contribution in [-0.2, 0) is 0 Å². The first-order chi connectivity index (χ1) is 9.24. The van der Waals surface area contributed by atoms with Gasteiger partial charge in [-0.05, 0) is 38.4 Å². The molecule has 1 aromatic carbocycles. The Morgan fingerprint density at radius 2 is 1.89 bits per heavy atom. The fourth-order valence-corrected chi connectivity index (χ4v) is 2.04. The summed E-state index contributed by atoms with van der Waals surface area (Å²) in [6.07, 6.45) is 3.34. The van der Waals surface area contributed by atoms with Crippen molar-refractivity contribution in [3.63, 3.8) is 0 Å². The molecule has 19 heavy (non-hydrogen) atoms. The van der Waals surface area contributed by atoms with Gasteiger partial charge < -0.3 is 14.8 Å². The molecule has 0 aliphatic heterocycles. The molecule has 1 N–H and O–H groups in total. The van der Waals surface area contributed by atoms with Crippen LogP contribution in [0.15, 0.2) is 18.2 Å². The van der Waals surface area contributed by atoms with Crippen molar-refractivity contribution in [3.05, 3.63) is 23.8 Å². The zero-order valence-corrected chi connectivity index (χ0v) is 12.7. The second-order valence-corrected chi connectivity index (χ2v) is 4.75. The maximum atomic E-state index is 5.90. The number of ether oxygens (including phenoxy) is 2. The third-order valence-corrected chi connectivity index (χ3v) is 3.14. The van der Waals surface area contributed by atoms with Crippen LogP contribution in [0.1, 0.15) is 51.6 Å². The van der Waals surface area contributed by atoms with Crippen molar-refractivity contribution < 1.29 is 9.47 Å². The molecular formula is C16H27NO2. The topological polar surface area (TPSA) is 30.5 Å². The summed E-state index contributed by atoms with van der Waals surface area (Å²) in [5.74, 6) is 1.83. The molecule has 1 rings (SSSR count). The largest absolute Gasteiger partial charge is 0.496 e. The van der Waals surface area contributed by atoms with Crippen LogP contribution in [0.3, 0.4) is 0 Å². The van der Waals surface area contributed by atoms with E-state index in [1.807, 2.05) is 18.2 Å². The van der Waals surface area contributed by atoms with Gasteiger partial charge in [-0.3, -0.25) is 0 Å². The SMILES string of the molecule is CCCCOc1cccc(OC)c1C(C)NCCC. The third kappa shape index (κ3) is 4.75. The first-order valence-electron chi connectivity index (χ1n) is 7.27. The Morgan fingerprint density at radius 1 is 1.16 bits per heavy atom. The van der Waals surface area contributed by atoms with Gasteiger partial charge in [-0.2, -0.15) is 0 Å². The van der Waals surface area contributed by atoms with Crippen molar-refractivity contribution in [3.8, 4) is 11.5 Å². The van der Waals surface area contributed by atoms with E-state index in [1.54, 1.807) is 7.11 Å². The minimum absolute atomic E-state index is 0.229. The van der Waals surface area contributed by atoms with Gasteiger partial charge in [0.2, 0.25) is 0 Å². The minimum atomic E-state index is 0.229. The van der Waals surface area contributed by atoms with Gasteiger partial charge in [0.05, 0.1) is 19.3 Å². The average Bonchev–Trinajstić information content (AvgIpc) is 2.44. The van der Waals surface area contributed by atoms with Crippen LogP contribution >= 0.6 is 0 Å². The molecule has 3 nitrogen and oxygen atoms in total. The molecule has 0 saturated heterocycles. The van der Waals surface area contributed by atoms with Crippen molar-refractivity contribution in [2.45, 2.75) is 46.1 Å². The normalized spacial score (nSPS) is 12.2. The standard InChI is InChI=1S/C16H27NO2/c1-5-7-12-19-15-10-8-9-14(18-4)16(15)13(3)17-11-6-2/h8-10,13,17H,5-7,11-12H2,1-4H3. The lowest BCUT2D eigenvalue weighted by Crippen LogP contribution is -2.20. The molecule has 0 radical (unpaired) electrons. The zero-order chi connectivity index (χ0) is 14.1. The summed E-state index contributed by atoms with van der Waals surface area (Å²) >= 11 is 0. The van der Waals surface area contributed by atoms with E-state index in [1.165, 1.54) is 0 Å². The monoisotopic (exact) mass is 265 g/mol. The van der Waals surface area contributed by atoms with Gasteiger partial charge in [0.25, 0.3) is 0 Å². The third-order valence-electron chi connectivity index (χ3n) is 3.14. The van der Waals surface area contributed by atoms with Crippen LogP contribution in [0.25, 0.3) is 0 Å². The molecule has 0 fully saturated rings. The van der Waals surface area contributed by atoms with Crippen molar-refractivity contribution >= 4 is 0 Å². The molecule has 0 saturated carbocycles. The van der Waals surface area contributed by atoms with Crippen molar-refractivity contribution in [2.24, 2.45) is 0 Å². The fourth-order valence-electron chi connectivity index (χ4n) is 2.04. The molecule has 0 spiro atoms. The summed E-state index contributed by atoms with van der Waals surface area (Å²) in [5, 5.41) is 3.49. The van der Waals surface area contributed by atoms with Gasteiger partial charge in [0, 0.05) is 6.04 Å². The molecule has 0 amide bonds. The Labute approximate surface area is 117 Å². The number of unbranched alkanes of at least 4 members (excludes halogenated alkanes) is 1. The summed E-state index contributed by atoms with van der Waals surface area (Å²) in [6.45, 7) is 8.24. The maximum Gasteiger partial charge on any atom is 0.127 e. The molecule has 1 atom stereocenters. The second-order valence-electron chi connectivity index (χ2n) is 4.75. The second kappa shape index (κ2) is 8.81. The molecule has 1 aromatic rings. The Kier molecular flexibility index (Phi) is 7.34. The van der Waals surface area contributed by atoms with Gasteiger partial charge >= 0.3 is 0 Å². The minimum Gasteiger partial charge on any atom is -0.496 e. The van der Waals surface area contributed by atoms with Crippen molar-refractivity contribution in [1.82, 2.24) is 5.32 Å². The number of benzene rings is 1. The number of nitrogens with one attached hydrogen (secondary N) is 1. The smallest absolute Gasteiger partial charge is 0.127 e. The lowest BCUT2D eigenvalue weighted by molar-refractivity contribution is 0.299. The number of methoxy groups -OCH3 is 1. The lowest BCUT2D eigenvalue weighted by Gasteiger charge is -2.20. The van der Waals surface area contributed by atoms with Crippen LogP contribution in [0, 0.1) is 0 Å². The molecular weight excluding hydrogens is 238 g/mol. The van der Waals surface area contributed by atoms with E-state index in [9.17, 15) is 0 Å². The highest BCUT2D eigenvalue weighted by molar-refractivity contribution is 5.46. The van der Waals surface area contributed by atoms with Crippen LogP contribution in [-0.4, -0.2) is 20.3 Å². The van der Waals surface area contributed by atoms with Crippen molar-refractivity contribution in [2.75, 3.05) is 20.3 Å². The van der Waals surface area contributed by atoms with E-state index in [4.69, 9.17) is 9.47 Å². The van der Waals surface area contributed by atoms with Crippen LogP contribution in [0.5, 0.6) is 11.5 Å². The Hall–Kier alpha value is -1.22. The lowest BCUT2D eigenvalue weighted by atomic mass is 10.1. The molecule has 0 heterocycles. The highest BCUT2D eigenvalue weighted by Crippen LogP contribution is 2.34. The van der Waals surface area contributed by atoms with Crippen LogP contribution in [0.2, 0.25) is 0 Å². The van der Waals surface area contributed by atoms with E-state index >= 15 is 0 Å². The number of hydrogen-bond donors (Lipinski definition) is 1. The van der Waals surface area contributed by atoms with E-state index in [2.05, 4.69) is 26.1 Å². The summed E-state index contributed by atoms with van der Waals surface area (Å²) in [7, 11) is 1.71. The molecule has 0 aliphatic rings. The van der Waals surface area contributed by atoms with Gasteiger partial charge in [0.1, 0.15) is 11.5 Å². The maximum absolute atomic E-state index is 5.90. The Morgan fingerprint density at radius 3 is 2.53 bits per heavy atom. The van der Waals surface area contributed by atoms with Crippen LogP contribution in [0.4, 0.5) is 0 Å². The summed E-state index contributed by atoms with van der Waals surface area (Å²) in [5.41, 5.74) is 1.12. The zero-order valence-electron chi connectivity index (χ0n) is 12.7. The van der Waals surface area contributed by atoms with Gasteiger partial charge in [-0.15, -0.1) is 0 Å². The molecule has 1 unspecified atom stereocenters. The first kappa shape index (κ1) is 15.8. The molecule has 3 heteroatoms. The summed E-state index contributed by atoms with van der Waals surface area (Å²) in [4.78, 5) is 0. The van der Waals surface area contributed by atoms with E-state index in [0.717, 1.165) is 49.5 Å². The molecule has 0 aliphatic carbocycles. The summed E-state index contributed by atoms with van der Waals surface area (Å²) in [6, 6.07) is 6.23. The van der Waals surface area contributed by atoms with Gasteiger partial charge in [-0.25, -0.2) is 0 Å². The Bertz CT molecular complexity index is 366. The Balaban J connectivity index is 2.88. The highest BCUT2D eigenvalue weighted by atomic mass is 16.5. The van der Waals surface area contributed by atoms with E-state index in [0.29, 0.717) is 0 Å². The number of hydrogen-bond acceptors (Lipinski definition) is 3. The predicted molar refractivity (Wildman–Crippen MR) is 80.1 cm³/mol. The van der Waals surface area contributed by atoms with Gasteiger partial charge in [-0.1, -0.05) is 26.3 Å². The first-order valence-corrected chi connectivity index (χ1v) is 7.27. The average molecular weight is 265 g/mol. The molecule has 0 bridgehead atoms. The van der Waals surface area contributed by atoms with E-state index < -0.39 is 0 Å².